The van der Waals surface area contributed by atoms with Crippen molar-refractivity contribution in [3.05, 3.63) is 46.5 Å². The first-order chi connectivity index (χ1) is 11.6. The third-order valence-corrected chi connectivity index (χ3v) is 3.89. The predicted molar refractivity (Wildman–Crippen MR) is 91.2 cm³/mol. The van der Waals surface area contributed by atoms with Gasteiger partial charge in [-0.25, -0.2) is 4.68 Å². The van der Waals surface area contributed by atoms with Gasteiger partial charge in [0.1, 0.15) is 17.9 Å². The Labute approximate surface area is 138 Å². The number of para-hydroxylation sites is 1. The van der Waals surface area contributed by atoms with E-state index < -0.39 is 0 Å². The maximum absolute atomic E-state index is 12.6. The number of nitrogens with one attached hydrogen (secondary N) is 1. The second kappa shape index (κ2) is 6.84. The molecule has 0 atom stereocenters. The van der Waals surface area contributed by atoms with E-state index in [0.717, 1.165) is 17.3 Å². The first kappa shape index (κ1) is 16.2. The lowest BCUT2D eigenvalue weighted by molar-refractivity contribution is -0.121. The quantitative estimate of drug-likeness (QED) is 0.688. The average Bonchev–Trinajstić information content (AvgIpc) is 2.96. The predicted octanol–water partition coefficient (Wildman–Crippen LogP) is 1.11. The Hall–Kier alpha value is -2.67. The molecule has 1 amide bonds. The lowest BCUT2D eigenvalue weighted by atomic mass is 10.2. The first-order valence-corrected chi connectivity index (χ1v) is 7.85. The topological polar surface area (TPSA) is 77.6 Å². The lowest BCUT2D eigenvalue weighted by Gasteiger charge is -2.09. The molecule has 1 aromatic carbocycles. The van der Waals surface area contributed by atoms with E-state index in [1.54, 1.807) is 7.11 Å². The zero-order valence-electron chi connectivity index (χ0n) is 13.8. The minimum atomic E-state index is -0.274. The van der Waals surface area contributed by atoms with E-state index in [1.807, 2.05) is 41.7 Å². The summed E-state index contributed by atoms with van der Waals surface area (Å²) in [6.45, 7) is 2.83. The summed E-state index contributed by atoms with van der Waals surface area (Å²) < 4.78 is 7.97. The van der Waals surface area contributed by atoms with Crippen LogP contribution >= 0.6 is 0 Å². The van der Waals surface area contributed by atoms with E-state index in [-0.39, 0.29) is 18.0 Å². The van der Waals surface area contributed by atoms with Gasteiger partial charge in [0, 0.05) is 25.6 Å². The van der Waals surface area contributed by atoms with E-state index >= 15 is 0 Å². The van der Waals surface area contributed by atoms with Crippen molar-refractivity contribution in [2.45, 2.75) is 19.9 Å². The molecule has 0 bridgehead atoms. The number of hydrogen-bond donors (Lipinski definition) is 1. The summed E-state index contributed by atoms with van der Waals surface area (Å²) in [5.74, 6) is 0.429. The van der Waals surface area contributed by atoms with Crippen molar-refractivity contribution in [2.75, 3.05) is 20.3 Å². The fourth-order valence-electron chi connectivity index (χ4n) is 2.80. The van der Waals surface area contributed by atoms with Gasteiger partial charge in [0.15, 0.2) is 0 Å². The van der Waals surface area contributed by atoms with Gasteiger partial charge in [-0.05, 0) is 25.5 Å². The van der Waals surface area contributed by atoms with Crippen LogP contribution in [0.15, 0.2) is 35.1 Å². The molecule has 2 aromatic heterocycles. The SMILES string of the molecule is COCCCNC(=O)Cn1nc(C)n2c(cc3ccccc32)c1=O. The molecule has 126 valence electrons. The number of methoxy groups -OCH3 is 1. The molecule has 2 heterocycles. The fraction of sp³-hybridized carbons (Fsp3) is 0.353. The minimum absolute atomic E-state index is 0.0926. The Morgan fingerprint density at radius 3 is 2.88 bits per heavy atom. The average molecular weight is 328 g/mol. The molecule has 0 unspecified atom stereocenters. The van der Waals surface area contributed by atoms with E-state index in [1.165, 1.54) is 4.68 Å². The van der Waals surface area contributed by atoms with Gasteiger partial charge in [0.25, 0.3) is 5.56 Å². The van der Waals surface area contributed by atoms with Gasteiger partial charge in [0.05, 0.1) is 5.52 Å². The van der Waals surface area contributed by atoms with Gasteiger partial charge >= 0.3 is 0 Å². The Bertz CT molecular complexity index is 942. The number of aromatic nitrogens is 3. The summed E-state index contributed by atoms with van der Waals surface area (Å²) in [4.78, 5) is 24.6. The maximum Gasteiger partial charge on any atom is 0.291 e. The molecule has 7 heteroatoms. The molecule has 0 radical (unpaired) electrons. The van der Waals surface area contributed by atoms with Crippen LogP contribution in [0.3, 0.4) is 0 Å². The van der Waals surface area contributed by atoms with Gasteiger partial charge in [-0.15, -0.1) is 0 Å². The van der Waals surface area contributed by atoms with Crippen LogP contribution in [-0.4, -0.2) is 40.3 Å². The highest BCUT2D eigenvalue weighted by Gasteiger charge is 2.13. The maximum atomic E-state index is 12.6. The third-order valence-electron chi connectivity index (χ3n) is 3.89. The monoisotopic (exact) mass is 328 g/mol. The summed E-state index contributed by atoms with van der Waals surface area (Å²) in [5.41, 5.74) is 1.19. The van der Waals surface area contributed by atoms with Gasteiger partial charge in [0.2, 0.25) is 5.91 Å². The number of amides is 1. The molecule has 0 spiro atoms. The minimum Gasteiger partial charge on any atom is -0.385 e. The van der Waals surface area contributed by atoms with Crippen molar-refractivity contribution < 1.29 is 9.53 Å². The molecular weight excluding hydrogens is 308 g/mol. The number of aryl methyl sites for hydroxylation is 1. The summed E-state index contributed by atoms with van der Waals surface area (Å²) in [6.07, 6.45) is 0.729. The van der Waals surface area contributed by atoms with Crippen LogP contribution in [0.5, 0.6) is 0 Å². The highest BCUT2D eigenvalue weighted by molar-refractivity contribution is 5.87. The Balaban J connectivity index is 1.90. The van der Waals surface area contributed by atoms with E-state index in [9.17, 15) is 9.59 Å². The van der Waals surface area contributed by atoms with Crippen molar-refractivity contribution in [2.24, 2.45) is 0 Å². The number of carbonyl (C=O) groups is 1. The number of fused-ring (bicyclic) bond motifs is 3. The summed E-state index contributed by atoms with van der Waals surface area (Å²) in [7, 11) is 1.62. The zero-order valence-corrected chi connectivity index (χ0v) is 13.8. The number of nitrogens with zero attached hydrogens (tertiary/aromatic N) is 3. The van der Waals surface area contributed by atoms with Crippen LogP contribution in [0, 0.1) is 6.92 Å². The van der Waals surface area contributed by atoms with Crippen LogP contribution < -0.4 is 10.9 Å². The number of carbonyl (C=O) groups excluding carboxylic acids is 1. The van der Waals surface area contributed by atoms with E-state index in [2.05, 4.69) is 10.4 Å². The van der Waals surface area contributed by atoms with Gasteiger partial charge in [-0.3, -0.25) is 14.0 Å². The standard InChI is InChI=1S/C17H20N4O3/c1-12-19-20(11-16(22)18-8-5-9-24-2)17(23)15-10-13-6-3-4-7-14(13)21(12)15/h3-4,6-7,10H,5,8-9,11H2,1-2H3,(H,18,22). The molecule has 0 aliphatic carbocycles. The van der Waals surface area contributed by atoms with Crippen LogP contribution in [-0.2, 0) is 16.1 Å². The van der Waals surface area contributed by atoms with Crippen molar-refractivity contribution in [3.63, 3.8) is 0 Å². The fourth-order valence-corrected chi connectivity index (χ4v) is 2.80. The van der Waals surface area contributed by atoms with Gasteiger partial charge < -0.3 is 10.1 Å². The van der Waals surface area contributed by atoms with Crippen molar-refractivity contribution in [3.8, 4) is 0 Å². The first-order valence-electron chi connectivity index (χ1n) is 7.85. The van der Waals surface area contributed by atoms with Crippen molar-refractivity contribution in [1.29, 1.82) is 0 Å². The van der Waals surface area contributed by atoms with Crippen molar-refractivity contribution in [1.82, 2.24) is 19.5 Å². The number of rotatable bonds is 6. The van der Waals surface area contributed by atoms with Gasteiger partial charge in [-0.1, -0.05) is 18.2 Å². The van der Waals surface area contributed by atoms with Crippen molar-refractivity contribution >= 4 is 22.3 Å². The van der Waals surface area contributed by atoms with Crippen LogP contribution in [0.1, 0.15) is 12.2 Å². The van der Waals surface area contributed by atoms with Crippen LogP contribution in [0.25, 0.3) is 16.4 Å². The molecule has 3 rings (SSSR count). The Morgan fingerprint density at radius 1 is 1.29 bits per heavy atom. The molecule has 0 saturated carbocycles. The van der Waals surface area contributed by atoms with Gasteiger partial charge in [-0.2, -0.15) is 5.10 Å². The van der Waals surface area contributed by atoms with Crippen LogP contribution in [0.2, 0.25) is 0 Å². The number of ether oxygens (including phenoxy) is 1. The highest BCUT2D eigenvalue weighted by atomic mass is 16.5. The zero-order chi connectivity index (χ0) is 17.1. The summed E-state index contributed by atoms with van der Waals surface area (Å²) in [5, 5.41) is 8.02. The second-order valence-electron chi connectivity index (χ2n) is 5.63. The molecule has 0 aliphatic heterocycles. The molecule has 0 aliphatic rings. The van der Waals surface area contributed by atoms with Crippen LogP contribution in [0.4, 0.5) is 0 Å². The molecule has 0 fully saturated rings. The van der Waals surface area contributed by atoms with E-state index in [0.29, 0.717) is 24.5 Å². The second-order valence-corrected chi connectivity index (χ2v) is 5.63. The summed E-state index contributed by atoms with van der Waals surface area (Å²) in [6, 6.07) is 9.58. The molecule has 3 aromatic rings. The smallest absolute Gasteiger partial charge is 0.291 e. The number of benzene rings is 1. The largest absolute Gasteiger partial charge is 0.385 e. The molecule has 1 N–H and O–H groups in total. The molecule has 24 heavy (non-hydrogen) atoms. The number of hydrogen-bond acceptors (Lipinski definition) is 4. The normalized spacial score (nSPS) is 11.2. The lowest BCUT2D eigenvalue weighted by Crippen LogP contribution is -2.35. The van der Waals surface area contributed by atoms with E-state index in [4.69, 9.17) is 4.74 Å². The Morgan fingerprint density at radius 2 is 2.08 bits per heavy atom. The highest BCUT2D eigenvalue weighted by Crippen LogP contribution is 2.18. The third kappa shape index (κ3) is 3.03. The molecule has 0 saturated heterocycles. The Kier molecular flexibility index (Phi) is 4.61. The molecular formula is C17H20N4O3. The summed E-state index contributed by atoms with van der Waals surface area (Å²) >= 11 is 0. The molecule has 7 nitrogen and oxygen atoms in total.